The molecule has 31 heavy (non-hydrogen) atoms. The molecule has 2 aromatic carbocycles. The molecule has 0 atom stereocenters. The third-order valence-electron chi connectivity index (χ3n) is 4.34. The number of nitrogens with zero attached hydrogens (tertiary/aromatic N) is 4. The van der Waals surface area contributed by atoms with Crippen LogP contribution in [0.4, 0.5) is 0 Å². The number of hydrogen-bond acceptors (Lipinski definition) is 8. The number of rotatable bonds is 8. The van der Waals surface area contributed by atoms with Crippen LogP contribution in [0, 0.1) is 0 Å². The van der Waals surface area contributed by atoms with E-state index in [-0.39, 0.29) is 0 Å². The van der Waals surface area contributed by atoms with Crippen LogP contribution < -0.4 is 4.74 Å². The van der Waals surface area contributed by atoms with Gasteiger partial charge in [-0.1, -0.05) is 42.1 Å². The van der Waals surface area contributed by atoms with Crippen LogP contribution in [0.2, 0.25) is 0 Å². The minimum atomic E-state index is -0.400. The number of carbonyl (C=O) groups excluding carboxylic acids is 1. The Morgan fingerprint density at radius 3 is 2.74 bits per heavy atom. The van der Waals surface area contributed by atoms with Crippen LogP contribution in [0.5, 0.6) is 5.75 Å². The van der Waals surface area contributed by atoms with E-state index in [1.807, 2.05) is 59.2 Å². The summed E-state index contributed by atoms with van der Waals surface area (Å²) < 4.78 is 12.4. The lowest BCUT2D eigenvalue weighted by Gasteiger charge is -2.10. The molecule has 0 fully saturated rings. The second kappa shape index (κ2) is 9.76. The number of thiazole rings is 1. The fourth-order valence-electron chi connectivity index (χ4n) is 2.92. The molecule has 0 spiro atoms. The van der Waals surface area contributed by atoms with Gasteiger partial charge in [0.15, 0.2) is 16.7 Å². The van der Waals surface area contributed by atoms with Gasteiger partial charge in [0.1, 0.15) is 10.8 Å². The standard InChI is InChI=1S/C22H20N4O3S2/c1-3-29-21(27)18-13-30-19(23-18)14-31-22-25-24-20(15-8-7-11-17(12-15)28-2)26(22)16-9-5-4-6-10-16/h4-13H,3,14H2,1-2H3. The van der Waals surface area contributed by atoms with Gasteiger partial charge in [-0.25, -0.2) is 9.78 Å². The Kier molecular flexibility index (Phi) is 6.63. The fraction of sp³-hybridized carbons (Fsp3) is 0.182. The van der Waals surface area contributed by atoms with Crippen LogP contribution in [0.15, 0.2) is 65.1 Å². The van der Waals surface area contributed by atoms with Crippen molar-refractivity contribution in [2.45, 2.75) is 17.8 Å². The Balaban J connectivity index is 1.64. The van der Waals surface area contributed by atoms with Crippen molar-refractivity contribution < 1.29 is 14.3 Å². The highest BCUT2D eigenvalue weighted by molar-refractivity contribution is 7.98. The third-order valence-corrected chi connectivity index (χ3v) is 6.31. The lowest BCUT2D eigenvalue weighted by Crippen LogP contribution is -2.05. The van der Waals surface area contributed by atoms with E-state index < -0.39 is 5.97 Å². The molecular formula is C22H20N4O3S2. The summed E-state index contributed by atoms with van der Waals surface area (Å²) in [6.45, 7) is 2.10. The Bertz CT molecular complexity index is 1170. The molecule has 0 N–H and O–H groups in total. The number of ether oxygens (including phenoxy) is 2. The van der Waals surface area contributed by atoms with Crippen molar-refractivity contribution >= 4 is 29.1 Å². The zero-order valence-electron chi connectivity index (χ0n) is 17.0. The zero-order chi connectivity index (χ0) is 21.6. The van der Waals surface area contributed by atoms with Gasteiger partial charge in [-0.2, -0.15) is 0 Å². The molecular weight excluding hydrogens is 432 g/mol. The molecule has 2 aromatic heterocycles. The number of thioether (sulfide) groups is 1. The predicted octanol–water partition coefficient (Wildman–Crippen LogP) is 4.87. The van der Waals surface area contributed by atoms with Gasteiger partial charge in [0.2, 0.25) is 0 Å². The predicted molar refractivity (Wildman–Crippen MR) is 121 cm³/mol. The molecule has 0 saturated carbocycles. The molecule has 4 rings (SSSR count). The van der Waals surface area contributed by atoms with Crippen molar-refractivity contribution in [1.29, 1.82) is 0 Å². The second-order valence-corrected chi connectivity index (χ2v) is 8.23. The highest BCUT2D eigenvalue weighted by Gasteiger charge is 2.18. The molecule has 0 unspecified atom stereocenters. The largest absolute Gasteiger partial charge is 0.497 e. The SMILES string of the molecule is CCOC(=O)c1csc(CSc2nnc(-c3cccc(OC)c3)n2-c2ccccc2)n1. The molecule has 7 nitrogen and oxygen atoms in total. The minimum Gasteiger partial charge on any atom is -0.497 e. The second-order valence-electron chi connectivity index (χ2n) is 6.34. The summed E-state index contributed by atoms with van der Waals surface area (Å²) in [6.07, 6.45) is 0. The van der Waals surface area contributed by atoms with Crippen molar-refractivity contribution in [3.05, 3.63) is 70.7 Å². The molecule has 0 radical (unpaired) electrons. The van der Waals surface area contributed by atoms with E-state index in [4.69, 9.17) is 9.47 Å². The molecule has 0 bridgehead atoms. The number of aromatic nitrogens is 4. The maximum Gasteiger partial charge on any atom is 0.357 e. The zero-order valence-corrected chi connectivity index (χ0v) is 18.7. The summed E-state index contributed by atoms with van der Waals surface area (Å²) in [5.41, 5.74) is 2.20. The van der Waals surface area contributed by atoms with Crippen LogP contribution in [-0.2, 0) is 10.5 Å². The summed E-state index contributed by atoms with van der Waals surface area (Å²) >= 11 is 2.94. The molecule has 4 aromatic rings. The molecule has 0 aliphatic rings. The molecule has 158 valence electrons. The van der Waals surface area contributed by atoms with E-state index >= 15 is 0 Å². The van der Waals surface area contributed by atoms with Gasteiger partial charge in [0.25, 0.3) is 0 Å². The van der Waals surface area contributed by atoms with Gasteiger partial charge < -0.3 is 9.47 Å². The van der Waals surface area contributed by atoms with Crippen molar-refractivity contribution in [2.75, 3.05) is 13.7 Å². The van der Waals surface area contributed by atoms with Gasteiger partial charge in [0, 0.05) is 16.6 Å². The van der Waals surface area contributed by atoms with Crippen LogP contribution in [0.25, 0.3) is 17.1 Å². The Hall–Kier alpha value is -3.17. The monoisotopic (exact) mass is 452 g/mol. The fourth-order valence-corrected chi connectivity index (χ4v) is 4.66. The third kappa shape index (κ3) is 4.78. The van der Waals surface area contributed by atoms with Crippen LogP contribution in [0.1, 0.15) is 22.4 Å². The number of esters is 1. The maximum atomic E-state index is 11.9. The summed E-state index contributed by atoms with van der Waals surface area (Å²) in [5.74, 6) is 1.64. The van der Waals surface area contributed by atoms with Gasteiger partial charge in [-0.3, -0.25) is 4.57 Å². The first-order valence-corrected chi connectivity index (χ1v) is 11.5. The smallest absolute Gasteiger partial charge is 0.357 e. The number of para-hydroxylation sites is 1. The van der Waals surface area contributed by atoms with E-state index in [1.54, 1.807) is 19.4 Å². The van der Waals surface area contributed by atoms with Crippen LogP contribution in [-0.4, -0.2) is 39.4 Å². The lowest BCUT2D eigenvalue weighted by molar-refractivity contribution is 0.0520. The van der Waals surface area contributed by atoms with Crippen molar-refractivity contribution in [2.24, 2.45) is 0 Å². The van der Waals surface area contributed by atoms with Crippen molar-refractivity contribution in [1.82, 2.24) is 19.7 Å². The van der Waals surface area contributed by atoms with Crippen LogP contribution in [0.3, 0.4) is 0 Å². The number of methoxy groups -OCH3 is 1. The molecule has 9 heteroatoms. The molecule has 0 aliphatic carbocycles. The van der Waals surface area contributed by atoms with Gasteiger partial charge in [-0.15, -0.1) is 21.5 Å². The van der Waals surface area contributed by atoms with E-state index in [2.05, 4.69) is 15.2 Å². The van der Waals surface area contributed by atoms with Gasteiger partial charge >= 0.3 is 5.97 Å². The topological polar surface area (TPSA) is 79.1 Å². The average molecular weight is 453 g/mol. The summed E-state index contributed by atoms with van der Waals surface area (Å²) in [7, 11) is 1.64. The quantitative estimate of drug-likeness (QED) is 0.279. The summed E-state index contributed by atoms with van der Waals surface area (Å²) in [4.78, 5) is 16.2. The first kappa shape index (κ1) is 21.1. The highest BCUT2D eigenvalue weighted by Crippen LogP contribution is 2.31. The molecule has 0 aliphatic heterocycles. The highest BCUT2D eigenvalue weighted by atomic mass is 32.2. The summed E-state index contributed by atoms with van der Waals surface area (Å²) in [6, 6.07) is 17.7. The minimum absolute atomic E-state index is 0.327. The Morgan fingerprint density at radius 2 is 1.97 bits per heavy atom. The number of carbonyl (C=O) groups is 1. The number of hydrogen-bond donors (Lipinski definition) is 0. The maximum absolute atomic E-state index is 11.9. The Labute approximate surface area is 188 Å². The first-order chi connectivity index (χ1) is 15.2. The van der Waals surface area contributed by atoms with E-state index in [0.717, 1.165) is 33.0 Å². The lowest BCUT2D eigenvalue weighted by atomic mass is 10.2. The number of benzene rings is 2. The van der Waals surface area contributed by atoms with Gasteiger partial charge in [0.05, 0.1) is 19.5 Å². The van der Waals surface area contributed by atoms with Gasteiger partial charge in [-0.05, 0) is 31.2 Å². The molecule has 2 heterocycles. The Morgan fingerprint density at radius 1 is 1.13 bits per heavy atom. The van der Waals surface area contributed by atoms with Crippen molar-refractivity contribution in [3.63, 3.8) is 0 Å². The first-order valence-electron chi connectivity index (χ1n) is 9.59. The van der Waals surface area contributed by atoms with E-state index in [9.17, 15) is 4.79 Å². The molecule has 0 saturated heterocycles. The molecule has 0 amide bonds. The normalized spacial score (nSPS) is 10.8. The van der Waals surface area contributed by atoms with Crippen molar-refractivity contribution in [3.8, 4) is 22.8 Å². The van der Waals surface area contributed by atoms with E-state index in [0.29, 0.717) is 18.1 Å². The average Bonchev–Trinajstić information content (AvgIpc) is 3.46. The van der Waals surface area contributed by atoms with Crippen LogP contribution >= 0.6 is 23.1 Å². The van der Waals surface area contributed by atoms with E-state index in [1.165, 1.54) is 23.1 Å². The summed E-state index contributed by atoms with van der Waals surface area (Å²) in [5, 5.41) is 12.2.